The number of hydrogen-bond acceptors (Lipinski definition) is 2. The predicted octanol–water partition coefficient (Wildman–Crippen LogP) is 0.297. The van der Waals surface area contributed by atoms with Gasteiger partial charge in [-0.1, -0.05) is 27.2 Å². The average Bonchev–Trinajstić information content (AvgIpc) is 2.52. The van der Waals surface area contributed by atoms with Gasteiger partial charge in [-0.05, 0) is 12.8 Å². The van der Waals surface area contributed by atoms with E-state index in [4.69, 9.17) is 0 Å². The Balaban J connectivity index is 2.37. The second-order valence-corrected chi connectivity index (χ2v) is 5.89. The molecule has 4 N–H and O–H groups in total. The number of urea groups is 1. The first-order chi connectivity index (χ1) is 10.0. The van der Waals surface area contributed by atoms with E-state index in [1.54, 1.807) is 4.90 Å². The van der Waals surface area contributed by atoms with Gasteiger partial charge in [0.05, 0.1) is 0 Å². The summed E-state index contributed by atoms with van der Waals surface area (Å²) in [5.74, 6) is 0.420. The van der Waals surface area contributed by atoms with E-state index < -0.39 is 0 Å². The van der Waals surface area contributed by atoms with Gasteiger partial charge in [0.1, 0.15) is 0 Å². The van der Waals surface area contributed by atoms with Crippen LogP contribution in [0.15, 0.2) is 0 Å². The van der Waals surface area contributed by atoms with E-state index >= 15 is 0 Å². The second kappa shape index (κ2) is 8.87. The van der Waals surface area contributed by atoms with Crippen LogP contribution < -0.4 is 11.1 Å². The summed E-state index contributed by atoms with van der Waals surface area (Å²) in [7, 11) is 0. The molecule has 0 radical (unpaired) electrons. The van der Waals surface area contributed by atoms with Crippen molar-refractivity contribution in [2.75, 3.05) is 32.7 Å². The fraction of sp³-hybridized carbons (Fsp3) is 0.867. The number of amides is 3. The van der Waals surface area contributed by atoms with E-state index in [-0.39, 0.29) is 18.0 Å². The summed E-state index contributed by atoms with van der Waals surface area (Å²) >= 11 is 0. The Labute approximate surface area is 128 Å². The van der Waals surface area contributed by atoms with Gasteiger partial charge in [0.15, 0.2) is 6.04 Å². The van der Waals surface area contributed by atoms with Gasteiger partial charge in [-0.25, -0.2) is 4.79 Å². The van der Waals surface area contributed by atoms with Gasteiger partial charge in [-0.15, -0.1) is 0 Å². The molecule has 122 valence electrons. The molecule has 0 unspecified atom stereocenters. The molecule has 0 aromatic carbocycles. The highest BCUT2D eigenvalue weighted by atomic mass is 16.2. The number of unbranched alkanes of at least 4 members (excludes halogenated alkanes) is 1. The molecule has 2 atom stereocenters. The number of nitrogens with one attached hydrogen (secondary N) is 1. The first-order valence-electron chi connectivity index (χ1n) is 8.15. The summed E-state index contributed by atoms with van der Waals surface area (Å²) in [6.45, 7) is 9.41. The minimum Gasteiger partial charge on any atom is -0.347 e. The van der Waals surface area contributed by atoms with Crippen molar-refractivity contribution < 1.29 is 15.3 Å². The topological polar surface area (TPSA) is 80.3 Å². The zero-order valence-corrected chi connectivity index (χ0v) is 13.7. The van der Waals surface area contributed by atoms with E-state index in [1.165, 1.54) is 0 Å². The van der Waals surface area contributed by atoms with Crippen molar-refractivity contribution in [2.24, 2.45) is 5.92 Å². The Hall–Kier alpha value is -1.30. The first-order valence-corrected chi connectivity index (χ1v) is 8.15. The Morgan fingerprint density at radius 2 is 1.71 bits per heavy atom. The summed E-state index contributed by atoms with van der Waals surface area (Å²) in [5, 5.41) is 2.92. The van der Waals surface area contributed by atoms with Crippen molar-refractivity contribution in [2.45, 2.75) is 46.1 Å². The largest absolute Gasteiger partial charge is 0.347 e. The number of carbonyl (C=O) groups is 2. The maximum Gasteiger partial charge on any atom is 0.317 e. The summed E-state index contributed by atoms with van der Waals surface area (Å²) in [4.78, 5) is 27.9. The minimum absolute atomic E-state index is 0.0105. The normalized spacial score (nSPS) is 18.3. The fourth-order valence-electron chi connectivity index (χ4n) is 2.38. The quantitative estimate of drug-likeness (QED) is 0.692. The van der Waals surface area contributed by atoms with Gasteiger partial charge < -0.3 is 20.9 Å². The van der Waals surface area contributed by atoms with Gasteiger partial charge in [0, 0.05) is 38.6 Å². The van der Waals surface area contributed by atoms with Crippen LogP contribution in [-0.2, 0) is 4.79 Å². The van der Waals surface area contributed by atoms with Crippen LogP contribution in [0, 0.1) is 5.92 Å². The molecule has 1 rings (SSSR count). The molecule has 0 spiro atoms. The smallest absolute Gasteiger partial charge is 0.317 e. The molecule has 1 heterocycles. The summed E-state index contributed by atoms with van der Waals surface area (Å²) in [6, 6.07) is -0.191. The highest BCUT2D eigenvalue weighted by molar-refractivity contribution is 5.81. The van der Waals surface area contributed by atoms with Gasteiger partial charge in [-0.3, -0.25) is 4.79 Å². The first kappa shape index (κ1) is 17.8. The number of quaternary nitrogens is 1. The van der Waals surface area contributed by atoms with Gasteiger partial charge in [0.2, 0.25) is 0 Å². The molecular weight excluding hydrogens is 268 g/mol. The molecule has 3 amide bonds. The Kier molecular flexibility index (Phi) is 7.50. The summed E-state index contributed by atoms with van der Waals surface area (Å²) in [6.07, 6.45) is 3.03. The van der Waals surface area contributed by atoms with Crippen LogP contribution in [0.25, 0.3) is 0 Å². The molecule has 0 aliphatic carbocycles. The van der Waals surface area contributed by atoms with Gasteiger partial charge in [-0.2, -0.15) is 0 Å². The zero-order valence-electron chi connectivity index (χ0n) is 13.7. The van der Waals surface area contributed by atoms with Crippen LogP contribution in [-0.4, -0.2) is 60.5 Å². The summed E-state index contributed by atoms with van der Waals surface area (Å²) in [5.41, 5.74) is 4.00. The van der Waals surface area contributed by atoms with Crippen molar-refractivity contribution in [3.8, 4) is 0 Å². The molecule has 0 saturated carbocycles. The number of piperazine rings is 1. The SMILES string of the molecule is CCCCNC(=O)N1CCN(C(=O)[C@@H]([NH3+])[C@@H](C)CC)CC1. The molecule has 0 aromatic heterocycles. The lowest BCUT2D eigenvalue weighted by atomic mass is 9.98. The molecule has 6 nitrogen and oxygen atoms in total. The molecule has 0 aromatic rings. The van der Waals surface area contributed by atoms with Crippen molar-refractivity contribution in [1.82, 2.24) is 15.1 Å². The molecule has 0 bridgehead atoms. The average molecular weight is 299 g/mol. The monoisotopic (exact) mass is 299 g/mol. The van der Waals surface area contributed by atoms with Gasteiger partial charge in [0.25, 0.3) is 5.91 Å². The second-order valence-electron chi connectivity index (χ2n) is 5.89. The molecule has 1 aliphatic rings. The molecule has 1 aliphatic heterocycles. The molecule has 1 saturated heterocycles. The zero-order chi connectivity index (χ0) is 15.8. The Bertz CT molecular complexity index is 341. The Morgan fingerprint density at radius 3 is 2.24 bits per heavy atom. The standard InChI is InChI=1S/C15H30N4O2/c1-4-6-7-17-15(21)19-10-8-18(9-11-19)14(20)13(16)12(3)5-2/h12-13H,4-11,16H2,1-3H3,(H,17,21)/p+1/t12-,13-/m0/s1. The van der Waals surface area contributed by atoms with Crippen molar-refractivity contribution in [3.63, 3.8) is 0 Å². The highest BCUT2D eigenvalue weighted by Gasteiger charge is 2.31. The lowest BCUT2D eigenvalue weighted by Crippen LogP contribution is -2.71. The van der Waals surface area contributed by atoms with Crippen LogP contribution in [0.5, 0.6) is 0 Å². The predicted molar refractivity (Wildman–Crippen MR) is 82.6 cm³/mol. The van der Waals surface area contributed by atoms with E-state index in [2.05, 4.69) is 31.8 Å². The van der Waals surface area contributed by atoms with Crippen LogP contribution in [0.1, 0.15) is 40.0 Å². The number of hydrogen-bond donors (Lipinski definition) is 2. The third kappa shape index (κ3) is 5.19. The minimum atomic E-state index is -0.181. The third-order valence-corrected chi connectivity index (χ3v) is 4.33. The number of rotatable bonds is 6. The lowest BCUT2D eigenvalue weighted by Gasteiger charge is -2.35. The van der Waals surface area contributed by atoms with E-state index in [9.17, 15) is 9.59 Å². The van der Waals surface area contributed by atoms with Crippen LogP contribution in [0.4, 0.5) is 4.79 Å². The van der Waals surface area contributed by atoms with Crippen molar-refractivity contribution >= 4 is 11.9 Å². The highest BCUT2D eigenvalue weighted by Crippen LogP contribution is 2.09. The van der Waals surface area contributed by atoms with Crippen LogP contribution in [0.2, 0.25) is 0 Å². The molecule has 6 heteroatoms. The Morgan fingerprint density at radius 1 is 1.14 bits per heavy atom. The molecule has 1 fully saturated rings. The van der Waals surface area contributed by atoms with Crippen molar-refractivity contribution in [1.29, 1.82) is 0 Å². The van der Waals surface area contributed by atoms with E-state index in [0.717, 1.165) is 25.8 Å². The van der Waals surface area contributed by atoms with E-state index in [1.807, 2.05) is 4.90 Å². The maximum absolute atomic E-state index is 12.3. The summed E-state index contributed by atoms with van der Waals surface area (Å²) < 4.78 is 0. The number of carbonyl (C=O) groups excluding carboxylic acids is 2. The number of nitrogens with zero attached hydrogens (tertiary/aromatic N) is 2. The maximum atomic E-state index is 12.3. The van der Waals surface area contributed by atoms with E-state index in [0.29, 0.717) is 32.1 Å². The molecule has 21 heavy (non-hydrogen) atoms. The van der Waals surface area contributed by atoms with Crippen LogP contribution >= 0.6 is 0 Å². The third-order valence-electron chi connectivity index (χ3n) is 4.33. The lowest BCUT2D eigenvalue weighted by molar-refractivity contribution is -0.417. The fourth-order valence-corrected chi connectivity index (χ4v) is 2.38. The van der Waals surface area contributed by atoms with Crippen molar-refractivity contribution in [3.05, 3.63) is 0 Å². The van der Waals surface area contributed by atoms with Gasteiger partial charge >= 0.3 is 6.03 Å². The van der Waals surface area contributed by atoms with Crippen LogP contribution in [0.3, 0.4) is 0 Å². The molecular formula is C15H31N4O2+.